The lowest BCUT2D eigenvalue weighted by atomic mass is 9.83. The van der Waals surface area contributed by atoms with E-state index in [1.807, 2.05) is 56.0 Å². The van der Waals surface area contributed by atoms with Crippen molar-refractivity contribution in [2.24, 2.45) is 0 Å². The van der Waals surface area contributed by atoms with Crippen LogP contribution in [-0.2, 0) is 15.0 Å². The highest BCUT2D eigenvalue weighted by atomic mass is 16.2. The Labute approximate surface area is 150 Å². The molecule has 2 fully saturated rings. The Hall–Kier alpha value is -1.88. The van der Waals surface area contributed by atoms with Crippen molar-refractivity contribution in [1.82, 2.24) is 15.1 Å². The highest BCUT2D eigenvalue weighted by Crippen LogP contribution is 2.26. The van der Waals surface area contributed by atoms with Crippen LogP contribution in [0.3, 0.4) is 0 Å². The Balaban J connectivity index is 1.56. The molecular formula is C20H29N3O2. The Morgan fingerprint density at radius 3 is 2.24 bits per heavy atom. The van der Waals surface area contributed by atoms with E-state index < -0.39 is 5.41 Å². The van der Waals surface area contributed by atoms with Gasteiger partial charge in [-0.15, -0.1) is 0 Å². The summed E-state index contributed by atoms with van der Waals surface area (Å²) in [6, 6.07) is 10.2. The summed E-state index contributed by atoms with van der Waals surface area (Å²) in [4.78, 5) is 29.3. The smallest absolute Gasteiger partial charge is 0.237 e. The summed E-state index contributed by atoms with van der Waals surface area (Å²) in [7, 11) is 0. The van der Waals surface area contributed by atoms with Gasteiger partial charge in [-0.25, -0.2) is 0 Å². The summed E-state index contributed by atoms with van der Waals surface area (Å²) in [6.45, 7) is 8.78. The van der Waals surface area contributed by atoms with Gasteiger partial charge in [0.25, 0.3) is 0 Å². The maximum atomic E-state index is 13.0. The monoisotopic (exact) mass is 343 g/mol. The van der Waals surface area contributed by atoms with E-state index in [1.165, 1.54) is 0 Å². The van der Waals surface area contributed by atoms with E-state index >= 15 is 0 Å². The summed E-state index contributed by atoms with van der Waals surface area (Å²) in [6.07, 6.45) is 2.21. The average Bonchev–Trinajstić information content (AvgIpc) is 3.45. The molecule has 1 aromatic rings. The largest absolute Gasteiger partial charge is 0.352 e. The number of amides is 2. The van der Waals surface area contributed by atoms with Gasteiger partial charge < -0.3 is 10.2 Å². The molecule has 1 saturated heterocycles. The van der Waals surface area contributed by atoms with Crippen LogP contribution in [0, 0.1) is 0 Å². The van der Waals surface area contributed by atoms with Crippen LogP contribution in [0.4, 0.5) is 0 Å². The minimum atomic E-state index is -0.529. The lowest BCUT2D eigenvalue weighted by Gasteiger charge is -2.40. The molecule has 2 aliphatic rings. The van der Waals surface area contributed by atoms with Crippen molar-refractivity contribution in [3.05, 3.63) is 35.9 Å². The van der Waals surface area contributed by atoms with Crippen LogP contribution in [-0.4, -0.2) is 59.9 Å². The van der Waals surface area contributed by atoms with E-state index in [9.17, 15) is 9.59 Å². The van der Waals surface area contributed by atoms with Crippen molar-refractivity contribution in [3.63, 3.8) is 0 Å². The molecule has 1 N–H and O–H groups in total. The third kappa shape index (κ3) is 4.03. The number of carbonyl (C=O) groups is 2. The fourth-order valence-corrected chi connectivity index (χ4v) is 3.40. The summed E-state index contributed by atoms with van der Waals surface area (Å²) in [5.74, 6) is 0.278. The first kappa shape index (κ1) is 17.9. The van der Waals surface area contributed by atoms with Crippen LogP contribution >= 0.6 is 0 Å². The number of carbonyl (C=O) groups excluding carboxylic acids is 2. The van der Waals surface area contributed by atoms with Gasteiger partial charge in [0.05, 0.1) is 11.5 Å². The van der Waals surface area contributed by atoms with E-state index in [1.54, 1.807) is 0 Å². The molecule has 5 heteroatoms. The van der Waals surface area contributed by atoms with E-state index in [2.05, 4.69) is 10.2 Å². The molecule has 5 nitrogen and oxygen atoms in total. The molecule has 0 aromatic heterocycles. The first-order chi connectivity index (χ1) is 11.9. The molecule has 136 valence electrons. The lowest BCUT2D eigenvalue weighted by molar-refractivity contribution is -0.139. The number of nitrogens with one attached hydrogen (secondary N) is 1. The molecule has 1 aliphatic heterocycles. The van der Waals surface area contributed by atoms with Gasteiger partial charge in [0.2, 0.25) is 11.8 Å². The standard InChI is InChI=1S/C20H29N3O2/c1-15(18(24)21-17-9-10-17)22-11-13-23(14-12-22)19(25)20(2,3)16-7-5-4-6-8-16/h4-8,15,17H,9-14H2,1-3H3,(H,21,24). The first-order valence-corrected chi connectivity index (χ1v) is 9.29. The van der Waals surface area contributed by atoms with Crippen molar-refractivity contribution in [2.75, 3.05) is 26.2 Å². The number of nitrogens with zero attached hydrogens (tertiary/aromatic N) is 2. The third-order valence-corrected chi connectivity index (χ3v) is 5.48. The fraction of sp³-hybridized carbons (Fsp3) is 0.600. The lowest BCUT2D eigenvalue weighted by Crippen LogP contribution is -2.57. The summed E-state index contributed by atoms with van der Waals surface area (Å²) < 4.78 is 0. The molecule has 2 amide bonds. The normalized spacial score (nSPS) is 20.2. The van der Waals surface area contributed by atoms with Crippen LogP contribution in [0.5, 0.6) is 0 Å². The van der Waals surface area contributed by atoms with Gasteiger partial charge in [-0.05, 0) is 39.2 Å². The first-order valence-electron chi connectivity index (χ1n) is 9.29. The second kappa shape index (κ2) is 7.16. The zero-order chi connectivity index (χ0) is 18.0. The Morgan fingerprint density at radius 1 is 1.08 bits per heavy atom. The van der Waals surface area contributed by atoms with Crippen molar-refractivity contribution in [3.8, 4) is 0 Å². The molecule has 1 unspecified atom stereocenters. The molecule has 1 heterocycles. The maximum Gasteiger partial charge on any atom is 0.237 e. The topological polar surface area (TPSA) is 52.7 Å². The van der Waals surface area contributed by atoms with E-state index in [0.29, 0.717) is 19.1 Å². The molecule has 0 spiro atoms. The predicted octanol–water partition coefficient (Wildman–Crippen LogP) is 1.78. The Bertz CT molecular complexity index is 617. The third-order valence-electron chi connectivity index (χ3n) is 5.48. The SMILES string of the molecule is CC(C(=O)NC1CC1)N1CCN(C(=O)C(C)(C)c2ccccc2)CC1. The van der Waals surface area contributed by atoms with Gasteiger partial charge in [0.15, 0.2) is 0 Å². The van der Waals surface area contributed by atoms with Gasteiger partial charge in [-0.3, -0.25) is 14.5 Å². The molecule has 25 heavy (non-hydrogen) atoms. The Kier molecular flexibility index (Phi) is 5.13. The summed E-state index contributed by atoms with van der Waals surface area (Å²) >= 11 is 0. The highest BCUT2D eigenvalue weighted by Gasteiger charge is 2.36. The summed E-state index contributed by atoms with van der Waals surface area (Å²) in [5.41, 5.74) is 0.512. The van der Waals surface area contributed by atoms with Gasteiger partial charge in [0, 0.05) is 32.2 Å². The minimum Gasteiger partial charge on any atom is -0.352 e. The van der Waals surface area contributed by atoms with Crippen molar-refractivity contribution in [2.45, 2.75) is 51.1 Å². The average molecular weight is 343 g/mol. The van der Waals surface area contributed by atoms with Crippen LogP contribution in [0.1, 0.15) is 39.2 Å². The van der Waals surface area contributed by atoms with Gasteiger partial charge in [-0.1, -0.05) is 30.3 Å². The van der Waals surface area contributed by atoms with Gasteiger partial charge in [0.1, 0.15) is 0 Å². The number of benzene rings is 1. The van der Waals surface area contributed by atoms with Crippen molar-refractivity contribution < 1.29 is 9.59 Å². The predicted molar refractivity (Wildman–Crippen MR) is 98.2 cm³/mol. The second-order valence-electron chi connectivity index (χ2n) is 7.78. The van der Waals surface area contributed by atoms with E-state index in [4.69, 9.17) is 0 Å². The molecular weight excluding hydrogens is 314 g/mol. The zero-order valence-electron chi connectivity index (χ0n) is 15.5. The minimum absolute atomic E-state index is 0.117. The van der Waals surface area contributed by atoms with Crippen LogP contribution in [0.2, 0.25) is 0 Å². The van der Waals surface area contributed by atoms with Crippen LogP contribution in [0.25, 0.3) is 0 Å². The number of piperazine rings is 1. The molecule has 1 aliphatic carbocycles. The molecule has 1 atom stereocenters. The zero-order valence-corrected chi connectivity index (χ0v) is 15.5. The maximum absolute atomic E-state index is 13.0. The van der Waals surface area contributed by atoms with Crippen LogP contribution < -0.4 is 5.32 Å². The van der Waals surface area contributed by atoms with E-state index in [0.717, 1.165) is 31.5 Å². The summed E-state index contributed by atoms with van der Waals surface area (Å²) in [5, 5.41) is 3.07. The van der Waals surface area contributed by atoms with Crippen molar-refractivity contribution in [1.29, 1.82) is 0 Å². The molecule has 0 radical (unpaired) electrons. The van der Waals surface area contributed by atoms with Gasteiger partial charge >= 0.3 is 0 Å². The molecule has 3 rings (SSSR count). The molecule has 1 aromatic carbocycles. The fourth-order valence-electron chi connectivity index (χ4n) is 3.40. The van der Waals surface area contributed by atoms with E-state index in [-0.39, 0.29) is 17.9 Å². The number of rotatable bonds is 5. The number of hydrogen-bond donors (Lipinski definition) is 1. The number of hydrogen-bond acceptors (Lipinski definition) is 3. The Morgan fingerprint density at radius 2 is 1.68 bits per heavy atom. The molecule has 1 saturated carbocycles. The quantitative estimate of drug-likeness (QED) is 0.887. The second-order valence-corrected chi connectivity index (χ2v) is 7.78. The highest BCUT2D eigenvalue weighted by molar-refractivity contribution is 5.87. The van der Waals surface area contributed by atoms with Gasteiger partial charge in [-0.2, -0.15) is 0 Å². The van der Waals surface area contributed by atoms with Crippen LogP contribution in [0.15, 0.2) is 30.3 Å². The van der Waals surface area contributed by atoms with Crippen molar-refractivity contribution >= 4 is 11.8 Å². The molecule has 0 bridgehead atoms.